The Balaban J connectivity index is 2.45. The third kappa shape index (κ3) is 3.89. The van der Waals surface area contributed by atoms with Crippen LogP contribution in [0.4, 0.5) is 0 Å². The molecule has 0 spiro atoms. The molecule has 0 atom stereocenters. The molecule has 82 valence electrons. The summed E-state index contributed by atoms with van der Waals surface area (Å²) in [5, 5.41) is 0. The van der Waals surface area contributed by atoms with Crippen LogP contribution in [0.5, 0.6) is 5.75 Å². The highest BCUT2D eigenvalue weighted by Gasteiger charge is 1.96. The lowest BCUT2D eigenvalue weighted by atomic mass is 10.2. The molecule has 0 aliphatic heterocycles. The smallest absolute Gasteiger partial charge is 0.333 e. The van der Waals surface area contributed by atoms with E-state index in [1.54, 1.807) is 19.1 Å². The van der Waals surface area contributed by atoms with Gasteiger partial charge in [-0.3, -0.25) is 0 Å². The lowest BCUT2D eigenvalue weighted by Crippen LogP contribution is -2.07. The lowest BCUT2D eigenvalue weighted by molar-refractivity contribution is -0.144. The van der Waals surface area contributed by atoms with E-state index in [9.17, 15) is 4.79 Å². The highest BCUT2D eigenvalue weighted by molar-refractivity contribution is 5.81. The van der Waals surface area contributed by atoms with Gasteiger partial charge in [-0.1, -0.05) is 12.5 Å². The molecule has 1 aromatic carbocycles. The molecule has 0 N–H and O–H groups in total. The molecule has 3 nitrogen and oxygen atoms in total. The Hall–Kier alpha value is -2.21. The fourth-order valence-electron chi connectivity index (χ4n) is 0.993. The van der Waals surface area contributed by atoms with Crippen LogP contribution in [0.1, 0.15) is 12.5 Å². The van der Waals surface area contributed by atoms with Gasteiger partial charge in [0.15, 0.2) is 0 Å². The van der Waals surface area contributed by atoms with Crippen molar-refractivity contribution in [3.63, 3.8) is 0 Å². The summed E-state index contributed by atoms with van der Waals surface area (Å²) >= 11 is 0. The summed E-state index contributed by atoms with van der Waals surface area (Å²) in [7, 11) is 0. The van der Waals surface area contributed by atoms with Crippen LogP contribution in [0.25, 0.3) is 0 Å². The minimum absolute atomic E-state index is 0.121. The third-order valence-electron chi connectivity index (χ3n) is 1.72. The molecule has 0 aliphatic rings. The van der Waals surface area contributed by atoms with Crippen molar-refractivity contribution in [2.45, 2.75) is 6.92 Å². The van der Waals surface area contributed by atoms with Gasteiger partial charge >= 0.3 is 5.97 Å². The number of rotatable bonds is 4. The van der Waals surface area contributed by atoms with Crippen molar-refractivity contribution in [3.05, 3.63) is 42.5 Å². The van der Waals surface area contributed by atoms with E-state index in [4.69, 9.17) is 4.74 Å². The van der Waals surface area contributed by atoms with Crippen LogP contribution in [-0.2, 0) is 9.53 Å². The minimum Gasteiger partial charge on any atom is -0.457 e. The molecule has 0 amide bonds. The van der Waals surface area contributed by atoms with Gasteiger partial charge in [0.2, 0.25) is 6.79 Å². The van der Waals surface area contributed by atoms with E-state index in [1.807, 2.05) is 12.1 Å². The van der Waals surface area contributed by atoms with Gasteiger partial charge in [0.05, 0.1) is 0 Å². The van der Waals surface area contributed by atoms with E-state index in [0.717, 1.165) is 11.6 Å². The molecule has 0 saturated carbocycles. The van der Waals surface area contributed by atoms with E-state index in [-0.39, 0.29) is 6.79 Å². The molecule has 0 unspecified atom stereocenters. The molecule has 0 aromatic heterocycles. The molecular weight excluding hydrogens is 204 g/mol. The van der Waals surface area contributed by atoms with Gasteiger partial charge in [-0.25, -0.2) is 4.79 Å². The maximum atomic E-state index is 10.7. The van der Waals surface area contributed by atoms with Crippen LogP contribution >= 0.6 is 0 Å². The van der Waals surface area contributed by atoms with Gasteiger partial charge in [0, 0.05) is 11.6 Å². The first-order valence-corrected chi connectivity index (χ1v) is 4.71. The first kappa shape index (κ1) is 11.9. The maximum Gasteiger partial charge on any atom is 0.333 e. The summed E-state index contributed by atoms with van der Waals surface area (Å²) in [5.74, 6) is 5.83. The molecule has 0 fully saturated rings. The van der Waals surface area contributed by atoms with Crippen molar-refractivity contribution >= 4 is 5.97 Å². The van der Waals surface area contributed by atoms with Gasteiger partial charge < -0.3 is 9.47 Å². The van der Waals surface area contributed by atoms with Crippen LogP contribution in [0.15, 0.2) is 36.9 Å². The van der Waals surface area contributed by atoms with Gasteiger partial charge in [-0.05, 0) is 31.2 Å². The Kier molecular flexibility index (Phi) is 4.68. The number of hydrogen-bond donors (Lipinski definition) is 0. The van der Waals surface area contributed by atoms with Crippen LogP contribution in [0.3, 0.4) is 0 Å². The molecule has 0 saturated heterocycles. The molecule has 16 heavy (non-hydrogen) atoms. The molecule has 1 rings (SSSR count). The zero-order valence-electron chi connectivity index (χ0n) is 9.03. The average Bonchev–Trinajstić information content (AvgIpc) is 2.31. The minimum atomic E-state index is -0.506. The first-order valence-electron chi connectivity index (χ1n) is 4.71. The van der Waals surface area contributed by atoms with Crippen molar-refractivity contribution in [2.24, 2.45) is 0 Å². The third-order valence-corrected chi connectivity index (χ3v) is 1.72. The fourth-order valence-corrected chi connectivity index (χ4v) is 0.993. The lowest BCUT2D eigenvalue weighted by Gasteiger charge is -2.05. The monoisotopic (exact) mass is 216 g/mol. The number of hydrogen-bond acceptors (Lipinski definition) is 3. The Morgan fingerprint density at radius 3 is 2.69 bits per heavy atom. The number of ether oxygens (including phenoxy) is 2. The summed E-state index contributed by atoms with van der Waals surface area (Å²) in [4.78, 5) is 10.7. The van der Waals surface area contributed by atoms with E-state index in [0.29, 0.717) is 5.75 Å². The molecular formula is C13H12O3. The maximum absolute atomic E-state index is 10.7. The quantitative estimate of drug-likeness (QED) is 0.335. The Morgan fingerprint density at radius 2 is 2.12 bits per heavy atom. The molecule has 3 heteroatoms. The highest BCUT2D eigenvalue weighted by atomic mass is 16.7. The topological polar surface area (TPSA) is 35.5 Å². The predicted molar refractivity (Wildman–Crippen MR) is 60.8 cm³/mol. The molecule has 0 aliphatic carbocycles. The Bertz CT molecular complexity index is 421. The molecule has 0 bridgehead atoms. The number of carbonyl (C=O) groups is 1. The van der Waals surface area contributed by atoms with E-state index in [2.05, 4.69) is 23.2 Å². The summed E-state index contributed by atoms with van der Waals surface area (Å²) in [6, 6.07) is 7.20. The predicted octanol–water partition coefficient (Wildman–Crippen LogP) is 2.12. The molecule has 1 aromatic rings. The zero-order chi connectivity index (χ0) is 11.8. The van der Waals surface area contributed by atoms with Gasteiger partial charge in [-0.2, -0.15) is 0 Å². The highest BCUT2D eigenvalue weighted by Crippen LogP contribution is 2.11. The fraction of sp³-hybridized carbons (Fsp3) is 0.154. The van der Waals surface area contributed by atoms with E-state index < -0.39 is 5.97 Å². The van der Waals surface area contributed by atoms with Crippen molar-refractivity contribution < 1.29 is 14.3 Å². The van der Waals surface area contributed by atoms with Crippen molar-refractivity contribution in [2.75, 3.05) is 6.79 Å². The van der Waals surface area contributed by atoms with E-state index >= 15 is 0 Å². The van der Waals surface area contributed by atoms with Crippen LogP contribution in [0, 0.1) is 11.8 Å². The molecule has 0 heterocycles. The normalized spacial score (nSPS) is 8.56. The van der Waals surface area contributed by atoms with Crippen LogP contribution in [0.2, 0.25) is 0 Å². The largest absolute Gasteiger partial charge is 0.457 e. The summed E-state index contributed by atoms with van der Waals surface area (Å²) in [6.45, 7) is 4.93. The van der Waals surface area contributed by atoms with Gasteiger partial charge in [0.1, 0.15) is 5.75 Å². The van der Waals surface area contributed by atoms with Crippen LogP contribution in [-0.4, -0.2) is 12.8 Å². The second kappa shape index (κ2) is 6.31. The number of esters is 1. The SMILES string of the molecule is C=CC(=O)OCOc1ccc(C#CC)cc1. The Morgan fingerprint density at radius 1 is 1.44 bits per heavy atom. The van der Waals surface area contributed by atoms with Crippen molar-refractivity contribution in [3.8, 4) is 17.6 Å². The second-order valence-electron chi connectivity index (χ2n) is 2.83. The molecule has 0 radical (unpaired) electrons. The average molecular weight is 216 g/mol. The van der Waals surface area contributed by atoms with E-state index in [1.165, 1.54) is 0 Å². The summed E-state index contributed by atoms with van der Waals surface area (Å²) in [6.07, 6.45) is 1.09. The van der Waals surface area contributed by atoms with Crippen LogP contribution < -0.4 is 4.74 Å². The van der Waals surface area contributed by atoms with Gasteiger partial charge in [0.25, 0.3) is 0 Å². The number of carbonyl (C=O) groups excluding carboxylic acids is 1. The summed E-state index contributed by atoms with van der Waals surface area (Å²) in [5.41, 5.74) is 0.915. The standard InChI is InChI=1S/C13H12O3/c1-3-5-11-6-8-12(9-7-11)15-10-16-13(14)4-2/h4,6-9H,2,10H2,1H3. The van der Waals surface area contributed by atoms with Crippen molar-refractivity contribution in [1.82, 2.24) is 0 Å². The number of benzene rings is 1. The van der Waals surface area contributed by atoms with Crippen molar-refractivity contribution in [1.29, 1.82) is 0 Å². The first-order chi connectivity index (χ1) is 7.76. The Labute approximate surface area is 94.7 Å². The van der Waals surface area contributed by atoms with Gasteiger partial charge in [-0.15, -0.1) is 5.92 Å². The summed E-state index contributed by atoms with van der Waals surface area (Å²) < 4.78 is 9.84. The zero-order valence-corrected chi connectivity index (χ0v) is 9.03. The second-order valence-corrected chi connectivity index (χ2v) is 2.83.